The van der Waals surface area contributed by atoms with Crippen LogP contribution in [-0.2, 0) is 4.79 Å². The Morgan fingerprint density at radius 2 is 2.25 bits per heavy atom. The van der Waals surface area contributed by atoms with E-state index in [9.17, 15) is 4.79 Å². The summed E-state index contributed by atoms with van der Waals surface area (Å²) in [6, 6.07) is 0. The summed E-state index contributed by atoms with van der Waals surface area (Å²) in [5.74, 6) is 1.07. The molecule has 0 unspecified atom stereocenters. The Balaban J connectivity index is 2.45. The molecule has 1 heteroatoms. The molecule has 0 bridgehead atoms. The molecule has 1 rings (SSSR count). The van der Waals surface area contributed by atoms with Crippen LogP contribution < -0.4 is 0 Å². The zero-order chi connectivity index (χ0) is 8.97. The van der Waals surface area contributed by atoms with Crippen molar-refractivity contribution in [3.05, 3.63) is 11.6 Å². The van der Waals surface area contributed by atoms with Gasteiger partial charge in [0.1, 0.15) is 0 Å². The van der Waals surface area contributed by atoms with Gasteiger partial charge in [0, 0.05) is 6.42 Å². The number of carbonyl (C=O) groups is 1. The van der Waals surface area contributed by atoms with E-state index in [-0.39, 0.29) is 0 Å². The normalized spacial score (nSPS) is 20.5. The third kappa shape index (κ3) is 2.80. The summed E-state index contributed by atoms with van der Waals surface area (Å²) < 4.78 is 0. The fourth-order valence-electron chi connectivity index (χ4n) is 1.61. The second kappa shape index (κ2) is 4.44. The summed E-state index contributed by atoms with van der Waals surface area (Å²) in [5, 5.41) is 0. The van der Waals surface area contributed by atoms with Gasteiger partial charge in [-0.1, -0.05) is 25.8 Å². The maximum atomic E-state index is 11.1. The first kappa shape index (κ1) is 9.50. The van der Waals surface area contributed by atoms with Crippen LogP contribution in [0.2, 0.25) is 0 Å². The van der Waals surface area contributed by atoms with Gasteiger partial charge in [0.05, 0.1) is 0 Å². The Hall–Kier alpha value is -0.590. The molecule has 0 aliphatic heterocycles. The minimum absolute atomic E-state index is 0.333. The Morgan fingerprint density at radius 3 is 2.83 bits per heavy atom. The van der Waals surface area contributed by atoms with Crippen molar-refractivity contribution in [3.63, 3.8) is 0 Å². The molecule has 0 fully saturated rings. The fraction of sp³-hybridized carbons (Fsp3) is 0.727. The highest BCUT2D eigenvalue weighted by atomic mass is 16.1. The first-order valence-corrected chi connectivity index (χ1v) is 4.94. The zero-order valence-corrected chi connectivity index (χ0v) is 8.10. The number of allylic oxidation sites excluding steroid dienone is 2. The van der Waals surface area contributed by atoms with Crippen LogP contribution in [0.4, 0.5) is 0 Å². The molecule has 0 aromatic rings. The summed E-state index contributed by atoms with van der Waals surface area (Å²) in [6.45, 7) is 4.45. The topological polar surface area (TPSA) is 17.1 Å². The molecular formula is C11H18O. The van der Waals surface area contributed by atoms with Crippen LogP contribution in [0.3, 0.4) is 0 Å². The van der Waals surface area contributed by atoms with Crippen molar-refractivity contribution in [2.75, 3.05) is 0 Å². The third-order valence-electron chi connectivity index (χ3n) is 2.59. The van der Waals surface area contributed by atoms with Crippen LogP contribution in [-0.4, -0.2) is 5.78 Å². The van der Waals surface area contributed by atoms with Crippen LogP contribution in [0.25, 0.3) is 0 Å². The van der Waals surface area contributed by atoms with Gasteiger partial charge in [-0.05, 0) is 31.3 Å². The molecule has 1 aliphatic carbocycles. The van der Waals surface area contributed by atoms with Gasteiger partial charge in [-0.15, -0.1) is 0 Å². The van der Waals surface area contributed by atoms with E-state index in [1.54, 1.807) is 0 Å². The van der Waals surface area contributed by atoms with Gasteiger partial charge >= 0.3 is 0 Å². The Bertz CT molecular complexity index is 191. The molecule has 12 heavy (non-hydrogen) atoms. The van der Waals surface area contributed by atoms with E-state index in [2.05, 4.69) is 13.8 Å². The molecule has 0 spiro atoms. The van der Waals surface area contributed by atoms with Crippen molar-refractivity contribution >= 4 is 5.78 Å². The highest BCUT2D eigenvalue weighted by molar-refractivity contribution is 5.91. The van der Waals surface area contributed by atoms with Gasteiger partial charge in [-0.3, -0.25) is 4.79 Å². The number of hydrogen-bond donors (Lipinski definition) is 0. The lowest BCUT2D eigenvalue weighted by Crippen LogP contribution is -2.05. The van der Waals surface area contributed by atoms with Crippen LogP contribution >= 0.6 is 0 Å². The summed E-state index contributed by atoms with van der Waals surface area (Å²) in [7, 11) is 0. The van der Waals surface area contributed by atoms with E-state index in [1.165, 1.54) is 12.0 Å². The highest BCUT2D eigenvalue weighted by Crippen LogP contribution is 2.23. The van der Waals surface area contributed by atoms with Crippen molar-refractivity contribution < 1.29 is 4.79 Å². The van der Waals surface area contributed by atoms with Gasteiger partial charge in [-0.2, -0.15) is 0 Å². The highest BCUT2D eigenvalue weighted by Gasteiger charge is 2.11. The van der Waals surface area contributed by atoms with Crippen molar-refractivity contribution in [1.82, 2.24) is 0 Å². The first-order chi connectivity index (χ1) is 5.72. The van der Waals surface area contributed by atoms with Crippen molar-refractivity contribution in [2.45, 2.75) is 46.0 Å². The van der Waals surface area contributed by atoms with Gasteiger partial charge in [0.2, 0.25) is 0 Å². The van der Waals surface area contributed by atoms with Gasteiger partial charge in [-0.25, -0.2) is 0 Å². The molecule has 0 aromatic heterocycles. The summed E-state index contributed by atoms with van der Waals surface area (Å²) in [6.07, 6.45) is 7.20. The Morgan fingerprint density at radius 1 is 1.50 bits per heavy atom. The Kier molecular flexibility index (Phi) is 3.51. The van der Waals surface area contributed by atoms with E-state index >= 15 is 0 Å². The van der Waals surface area contributed by atoms with Gasteiger partial charge in [0.25, 0.3) is 0 Å². The van der Waals surface area contributed by atoms with Crippen LogP contribution in [0, 0.1) is 5.92 Å². The second-order valence-electron chi connectivity index (χ2n) is 3.84. The standard InChI is InChI=1S/C11H18O/c1-3-9(2)7-10-5-4-6-11(12)8-10/h8-9H,3-7H2,1-2H3/t9-/m0/s1. The summed E-state index contributed by atoms with van der Waals surface area (Å²) >= 11 is 0. The van der Waals surface area contributed by atoms with E-state index in [1.807, 2.05) is 6.08 Å². The first-order valence-electron chi connectivity index (χ1n) is 4.94. The Labute approximate surface area is 74.9 Å². The number of ketones is 1. The molecule has 68 valence electrons. The van der Waals surface area contributed by atoms with Crippen LogP contribution in [0.15, 0.2) is 11.6 Å². The minimum Gasteiger partial charge on any atom is -0.295 e. The zero-order valence-electron chi connectivity index (χ0n) is 8.10. The average Bonchev–Trinajstić information content (AvgIpc) is 2.04. The van der Waals surface area contributed by atoms with E-state index < -0.39 is 0 Å². The van der Waals surface area contributed by atoms with E-state index in [4.69, 9.17) is 0 Å². The van der Waals surface area contributed by atoms with Gasteiger partial charge in [0.15, 0.2) is 5.78 Å². The van der Waals surface area contributed by atoms with Gasteiger partial charge < -0.3 is 0 Å². The maximum Gasteiger partial charge on any atom is 0.155 e. The predicted molar refractivity (Wildman–Crippen MR) is 51.0 cm³/mol. The lowest BCUT2D eigenvalue weighted by atomic mass is 9.90. The average molecular weight is 166 g/mol. The molecule has 1 atom stereocenters. The number of carbonyl (C=O) groups excluding carboxylic acids is 1. The lowest BCUT2D eigenvalue weighted by molar-refractivity contribution is -0.115. The number of rotatable bonds is 3. The quantitative estimate of drug-likeness (QED) is 0.629. The molecule has 0 saturated carbocycles. The smallest absolute Gasteiger partial charge is 0.155 e. The fourth-order valence-corrected chi connectivity index (χ4v) is 1.61. The summed E-state index contributed by atoms with van der Waals surface area (Å²) in [5.41, 5.74) is 1.38. The monoisotopic (exact) mass is 166 g/mol. The SMILES string of the molecule is CC[C@H](C)CC1=CC(=O)CCC1. The predicted octanol–water partition coefficient (Wildman–Crippen LogP) is 3.10. The van der Waals surface area contributed by atoms with Crippen molar-refractivity contribution in [1.29, 1.82) is 0 Å². The second-order valence-corrected chi connectivity index (χ2v) is 3.84. The maximum absolute atomic E-state index is 11.1. The molecule has 1 aliphatic rings. The third-order valence-corrected chi connectivity index (χ3v) is 2.59. The van der Waals surface area contributed by atoms with Crippen molar-refractivity contribution in [3.8, 4) is 0 Å². The molecule has 0 N–H and O–H groups in total. The molecule has 0 radical (unpaired) electrons. The van der Waals surface area contributed by atoms with Crippen LogP contribution in [0.1, 0.15) is 46.0 Å². The molecular weight excluding hydrogens is 148 g/mol. The van der Waals surface area contributed by atoms with E-state index in [0.717, 1.165) is 31.6 Å². The molecule has 0 aromatic carbocycles. The van der Waals surface area contributed by atoms with Crippen molar-refractivity contribution in [2.24, 2.45) is 5.92 Å². The minimum atomic E-state index is 0.333. The number of hydrogen-bond acceptors (Lipinski definition) is 1. The van der Waals surface area contributed by atoms with E-state index in [0.29, 0.717) is 5.78 Å². The molecule has 0 amide bonds. The van der Waals surface area contributed by atoms with Crippen LogP contribution in [0.5, 0.6) is 0 Å². The lowest BCUT2D eigenvalue weighted by Gasteiger charge is -2.15. The molecule has 1 nitrogen and oxygen atoms in total. The molecule has 0 saturated heterocycles. The summed E-state index contributed by atoms with van der Waals surface area (Å²) in [4.78, 5) is 11.1. The largest absolute Gasteiger partial charge is 0.295 e. The molecule has 0 heterocycles.